The summed E-state index contributed by atoms with van der Waals surface area (Å²) in [7, 11) is 0. The molecule has 1 saturated heterocycles. The van der Waals surface area contributed by atoms with Crippen molar-refractivity contribution in [1.82, 2.24) is 0 Å². The second-order valence-electron chi connectivity index (χ2n) is 6.26. The fraction of sp³-hybridized carbons (Fsp3) is 0.733. The molecule has 0 aromatic carbocycles. The van der Waals surface area contributed by atoms with Crippen molar-refractivity contribution in [3.8, 4) is 0 Å². The highest BCUT2D eigenvalue weighted by molar-refractivity contribution is 6.01. The largest absolute Gasteiger partial charge is 0.447 e. The van der Waals surface area contributed by atoms with Gasteiger partial charge < -0.3 is 4.74 Å². The average Bonchev–Trinajstić information content (AvgIpc) is 2.59. The molecule has 0 aromatic rings. The van der Waals surface area contributed by atoms with Crippen molar-refractivity contribution in [2.75, 3.05) is 0 Å². The zero-order valence-corrected chi connectivity index (χ0v) is 11.1. The van der Waals surface area contributed by atoms with Crippen LogP contribution < -0.4 is 0 Å². The van der Waals surface area contributed by atoms with Crippen LogP contribution in [0.25, 0.3) is 0 Å². The molecule has 1 unspecified atom stereocenters. The first kappa shape index (κ1) is 11.9. The van der Waals surface area contributed by atoms with Crippen LogP contribution in [0.3, 0.4) is 0 Å². The molecule has 3 aliphatic rings. The summed E-state index contributed by atoms with van der Waals surface area (Å²) in [5.74, 6) is 0.387. The van der Waals surface area contributed by atoms with Gasteiger partial charge in [0.15, 0.2) is 11.4 Å². The zero-order chi connectivity index (χ0) is 13.1. The van der Waals surface area contributed by atoms with Gasteiger partial charge in [-0.3, -0.25) is 4.79 Å². The molecule has 0 amide bonds. The molecule has 0 aromatic heterocycles. The van der Waals surface area contributed by atoms with Crippen molar-refractivity contribution in [1.29, 1.82) is 0 Å². The maximum absolute atomic E-state index is 12.7. The van der Waals surface area contributed by atoms with Gasteiger partial charge in [0.2, 0.25) is 0 Å². The third kappa shape index (κ3) is 1.25. The van der Waals surface area contributed by atoms with Crippen LogP contribution in [-0.2, 0) is 14.3 Å². The fourth-order valence-corrected chi connectivity index (χ4v) is 4.32. The normalized spacial score (nSPS) is 47.6. The number of esters is 1. The van der Waals surface area contributed by atoms with Gasteiger partial charge in [0, 0.05) is 23.3 Å². The van der Waals surface area contributed by atoms with E-state index in [2.05, 4.69) is 13.5 Å². The Morgan fingerprint density at radius 3 is 2.61 bits per heavy atom. The molecule has 3 heteroatoms. The number of rotatable bonds is 0. The minimum atomic E-state index is -0.858. The Balaban J connectivity index is 2.11. The first-order valence-corrected chi connectivity index (χ1v) is 6.95. The minimum Gasteiger partial charge on any atom is -0.447 e. The van der Waals surface area contributed by atoms with E-state index in [0.717, 1.165) is 25.7 Å². The van der Waals surface area contributed by atoms with Crippen molar-refractivity contribution in [3.05, 3.63) is 12.2 Å². The third-order valence-electron chi connectivity index (χ3n) is 5.35. The Kier molecular flexibility index (Phi) is 2.45. The molecule has 3 fully saturated rings. The van der Waals surface area contributed by atoms with Gasteiger partial charge in [-0.25, -0.2) is 4.79 Å². The summed E-state index contributed by atoms with van der Waals surface area (Å²) >= 11 is 0. The summed E-state index contributed by atoms with van der Waals surface area (Å²) in [4.78, 5) is 24.6. The van der Waals surface area contributed by atoms with Crippen molar-refractivity contribution < 1.29 is 14.3 Å². The Bertz CT molecular complexity index is 439. The zero-order valence-electron chi connectivity index (χ0n) is 11.1. The van der Waals surface area contributed by atoms with Crippen LogP contribution in [0.5, 0.6) is 0 Å². The highest BCUT2D eigenvalue weighted by atomic mass is 16.6. The number of carbonyl (C=O) groups is 2. The summed E-state index contributed by atoms with van der Waals surface area (Å²) in [6.45, 7) is 8.00. The van der Waals surface area contributed by atoms with E-state index in [-0.39, 0.29) is 29.5 Å². The van der Waals surface area contributed by atoms with Crippen molar-refractivity contribution in [3.63, 3.8) is 0 Å². The van der Waals surface area contributed by atoms with Crippen LogP contribution in [0.15, 0.2) is 12.2 Å². The second kappa shape index (κ2) is 3.69. The monoisotopic (exact) mass is 248 g/mol. The molecule has 3 nitrogen and oxygen atoms in total. The predicted octanol–water partition coefficient (Wildman–Crippen LogP) is 2.50. The number of ether oxygens (including phenoxy) is 1. The number of carbonyl (C=O) groups excluding carboxylic acids is 2. The summed E-state index contributed by atoms with van der Waals surface area (Å²) in [6.07, 6.45) is 3.84. The summed E-state index contributed by atoms with van der Waals surface area (Å²) in [5.41, 5.74) is -0.335. The molecule has 0 N–H and O–H groups in total. The molecule has 1 heterocycles. The fourth-order valence-electron chi connectivity index (χ4n) is 4.32. The van der Waals surface area contributed by atoms with Gasteiger partial charge in [0.05, 0.1) is 0 Å². The van der Waals surface area contributed by atoms with Crippen LogP contribution >= 0.6 is 0 Å². The first-order chi connectivity index (χ1) is 8.48. The minimum absolute atomic E-state index is 0.00718. The molecule has 0 radical (unpaired) electrons. The van der Waals surface area contributed by atoms with Crippen LogP contribution in [0.1, 0.15) is 39.5 Å². The van der Waals surface area contributed by atoms with Crippen LogP contribution in [0.2, 0.25) is 0 Å². The van der Waals surface area contributed by atoms with Crippen molar-refractivity contribution in [2.45, 2.75) is 45.1 Å². The van der Waals surface area contributed by atoms with E-state index in [1.165, 1.54) is 0 Å². The standard InChI is InChI=1S/C15H20O3/c1-8-4-7-12-10(3)14(17)18-15(12)11(8)6-5-9(2)13(15)16/h8-9,11-12H,3-7H2,1-2H3/t8-,9?,11+,12+,15-/m1/s1. The first-order valence-electron chi connectivity index (χ1n) is 6.95. The van der Waals surface area contributed by atoms with E-state index in [9.17, 15) is 9.59 Å². The van der Waals surface area contributed by atoms with Crippen LogP contribution in [-0.4, -0.2) is 17.4 Å². The number of hydrogen-bond acceptors (Lipinski definition) is 3. The van der Waals surface area contributed by atoms with Gasteiger partial charge in [-0.05, 0) is 31.6 Å². The van der Waals surface area contributed by atoms with Crippen LogP contribution in [0.4, 0.5) is 0 Å². The highest BCUT2D eigenvalue weighted by Crippen LogP contribution is 2.56. The number of Topliss-reactive ketones (excluding diaryl/α,β-unsaturated/α-hetero) is 1. The molecule has 2 saturated carbocycles. The molecule has 2 aliphatic carbocycles. The Morgan fingerprint density at radius 1 is 1.17 bits per heavy atom. The van der Waals surface area contributed by atoms with Gasteiger partial charge in [0.25, 0.3) is 0 Å². The van der Waals surface area contributed by atoms with E-state index in [1.54, 1.807) is 0 Å². The van der Waals surface area contributed by atoms with Gasteiger partial charge >= 0.3 is 5.97 Å². The van der Waals surface area contributed by atoms with Crippen molar-refractivity contribution >= 4 is 11.8 Å². The summed E-state index contributed by atoms with van der Waals surface area (Å²) in [6, 6.07) is 0. The predicted molar refractivity (Wildman–Crippen MR) is 66.7 cm³/mol. The number of hydrogen-bond donors (Lipinski definition) is 0. The molecule has 18 heavy (non-hydrogen) atoms. The Morgan fingerprint density at radius 2 is 1.89 bits per heavy atom. The van der Waals surface area contributed by atoms with Crippen molar-refractivity contribution in [2.24, 2.45) is 23.7 Å². The molecule has 5 atom stereocenters. The van der Waals surface area contributed by atoms with E-state index < -0.39 is 5.60 Å². The second-order valence-corrected chi connectivity index (χ2v) is 6.26. The SMILES string of the molecule is C=C1C(=O)O[C@]23C(=O)C(C)CC[C@H]2[C@H](C)CC[C@@H]13. The van der Waals surface area contributed by atoms with E-state index in [1.807, 2.05) is 6.92 Å². The van der Waals surface area contributed by atoms with Gasteiger partial charge in [-0.1, -0.05) is 20.4 Å². The Labute approximate surface area is 108 Å². The average molecular weight is 248 g/mol. The van der Waals surface area contributed by atoms with Crippen LogP contribution in [0, 0.1) is 23.7 Å². The lowest BCUT2D eigenvalue weighted by atomic mass is 9.56. The lowest BCUT2D eigenvalue weighted by molar-refractivity contribution is -0.180. The number of ketones is 1. The summed E-state index contributed by atoms with van der Waals surface area (Å²) in [5, 5.41) is 0. The van der Waals surface area contributed by atoms with E-state index in [4.69, 9.17) is 4.74 Å². The highest BCUT2D eigenvalue weighted by Gasteiger charge is 2.65. The molecule has 3 rings (SSSR count). The van der Waals surface area contributed by atoms with Gasteiger partial charge in [-0.2, -0.15) is 0 Å². The topological polar surface area (TPSA) is 43.4 Å². The molecule has 98 valence electrons. The summed E-state index contributed by atoms with van der Waals surface area (Å²) < 4.78 is 5.63. The maximum atomic E-state index is 12.7. The smallest absolute Gasteiger partial charge is 0.334 e. The Hall–Kier alpha value is -1.12. The van der Waals surface area contributed by atoms with Gasteiger partial charge in [-0.15, -0.1) is 0 Å². The molecular formula is C15H20O3. The lowest BCUT2D eigenvalue weighted by Crippen LogP contribution is -2.59. The maximum Gasteiger partial charge on any atom is 0.334 e. The lowest BCUT2D eigenvalue weighted by Gasteiger charge is -2.49. The third-order valence-corrected chi connectivity index (χ3v) is 5.35. The molecule has 0 bridgehead atoms. The molecule has 1 aliphatic heterocycles. The van der Waals surface area contributed by atoms with Gasteiger partial charge in [0.1, 0.15) is 0 Å². The van der Waals surface area contributed by atoms with E-state index >= 15 is 0 Å². The molecular weight excluding hydrogens is 228 g/mol. The quantitative estimate of drug-likeness (QED) is 0.488. The molecule has 1 spiro atoms. The van der Waals surface area contributed by atoms with E-state index in [0.29, 0.717) is 11.5 Å².